The van der Waals surface area contributed by atoms with Crippen molar-refractivity contribution in [3.8, 4) is 11.5 Å². The smallest absolute Gasteiger partial charge is 0.387 e. The van der Waals surface area contributed by atoms with Crippen LogP contribution in [0.1, 0.15) is 21.5 Å². The van der Waals surface area contributed by atoms with E-state index in [1.54, 1.807) is 30.3 Å². The van der Waals surface area contributed by atoms with Crippen LogP contribution in [0.3, 0.4) is 0 Å². The van der Waals surface area contributed by atoms with Crippen LogP contribution in [-0.2, 0) is 4.79 Å². The molecule has 25 heavy (non-hydrogen) atoms. The van der Waals surface area contributed by atoms with E-state index in [0.29, 0.717) is 22.3 Å². The number of carbonyl (C=O) groups is 2. The van der Waals surface area contributed by atoms with Gasteiger partial charge in [0.25, 0.3) is 11.8 Å². The van der Waals surface area contributed by atoms with Crippen LogP contribution in [-0.4, -0.2) is 25.5 Å². The molecule has 2 aromatic rings. The summed E-state index contributed by atoms with van der Waals surface area (Å²) in [6.45, 7) is -2.97. The highest BCUT2D eigenvalue weighted by atomic mass is 19.3. The summed E-state index contributed by atoms with van der Waals surface area (Å²) in [6, 6.07) is 11.0. The molecule has 1 heterocycles. The third-order valence-electron chi connectivity index (χ3n) is 3.65. The minimum atomic E-state index is -2.97. The molecule has 0 aliphatic carbocycles. The van der Waals surface area contributed by atoms with Crippen LogP contribution in [0.4, 0.5) is 8.78 Å². The van der Waals surface area contributed by atoms with E-state index in [-0.39, 0.29) is 11.5 Å². The number of alkyl halides is 2. The molecule has 5 nitrogen and oxygen atoms in total. The number of fused-ring (bicyclic) bond motifs is 1. The second-order valence-electron chi connectivity index (χ2n) is 5.18. The number of benzene rings is 2. The summed E-state index contributed by atoms with van der Waals surface area (Å²) >= 11 is 0. The molecule has 7 heteroatoms. The second kappa shape index (κ2) is 6.72. The predicted octanol–water partition coefficient (Wildman–Crippen LogP) is 3.11. The topological polar surface area (TPSA) is 64.6 Å². The van der Waals surface area contributed by atoms with Gasteiger partial charge in [0.05, 0.1) is 7.11 Å². The van der Waals surface area contributed by atoms with Gasteiger partial charge in [0.15, 0.2) is 11.5 Å². The number of halogens is 2. The van der Waals surface area contributed by atoms with Crippen LogP contribution in [0.15, 0.2) is 42.5 Å². The highest BCUT2D eigenvalue weighted by Crippen LogP contribution is 2.32. The van der Waals surface area contributed by atoms with Crippen molar-refractivity contribution in [2.24, 2.45) is 0 Å². The lowest BCUT2D eigenvalue weighted by atomic mass is 9.93. The number of methoxy groups -OCH3 is 1. The number of carbonyl (C=O) groups excluding carboxylic acids is 2. The number of amides is 2. The standard InChI is InChI=1S/C18H13F2NO4/c1-24-15-9-10(6-7-14(15)25-18(19)20)8-13-11-4-2-3-5-12(11)16(22)21-17(13)23/h2-9,18H,1H3,(H,21,22,23)/b13-8+. The number of imide groups is 1. The zero-order valence-electron chi connectivity index (χ0n) is 13.1. The minimum Gasteiger partial charge on any atom is -0.493 e. The first-order valence-electron chi connectivity index (χ1n) is 7.29. The fourth-order valence-electron chi connectivity index (χ4n) is 2.55. The summed E-state index contributed by atoms with van der Waals surface area (Å²) in [5, 5.41) is 2.27. The lowest BCUT2D eigenvalue weighted by Gasteiger charge is -2.18. The molecule has 3 rings (SSSR count). The van der Waals surface area contributed by atoms with Crippen molar-refractivity contribution in [1.82, 2.24) is 5.32 Å². The fourth-order valence-corrected chi connectivity index (χ4v) is 2.55. The molecule has 0 aromatic heterocycles. The van der Waals surface area contributed by atoms with Gasteiger partial charge in [-0.2, -0.15) is 8.78 Å². The SMILES string of the molecule is COc1cc(/C=C2/C(=O)NC(=O)c3ccccc32)ccc1OC(F)F. The third kappa shape index (κ3) is 3.35. The van der Waals surface area contributed by atoms with Gasteiger partial charge < -0.3 is 9.47 Å². The van der Waals surface area contributed by atoms with Crippen LogP contribution < -0.4 is 14.8 Å². The molecular weight excluding hydrogens is 332 g/mol. The number of nitrogens with one attached hydrogen (secondary N) is 1. The zero-order valence-corrected chi connectivity index (χ0v) is 13.1. The molecular formula is C18H13F2NO4. The van der Waals surface area contributed by atoms with Crippen molar-refractivity contribution in [2.75, 3.05) is 7.11 Å². The maximum absolute atomic E-state index is 12.4. The molecule has 128 valence electrons. The summed E-state index contributed by atoms with van der Waals surface area (Å²) in [5.74, 6) is -0.995. The molecule has 1 N–H and O–H groups in total. The number of hydrogen-bond donors (Lipinski definition) is 1. The molecule has 0 unspecified atom stereocenters. The summed E-state index contributed by atoms with van der Waals surface area (Å²) in [4.78, 5) is 24.1. The van der Waals surface area contributed by atoms with Crippen molar-refractivity contribution in [2.45, 2.75) is 6.61 Å². The van der Waals surface area contributed by atoms with Gasteiger partial charge in [-0.3, -0.25) is 14.9 Å². The number of rotatable bonds is 4. The Morgan fingerprint density at radius 3 is 2.40 bits per heavy atom. The molecule has 2 amide bonds. The first-order valence-corrected chi connectivity index (χ1v) is 7.29. The van der Waals surface area contributed by atoms with Crippen LogP contribution in [0, 0.1) is 0 Å². The lowest BCUT2D eigenvalue weighted by Crippen LogP contribution is -2.36. The average molecular weight is 345 g/mol. The molecule has 2 aromatic carbocycles. The zero-order chi connectivity index (χ0) is 18.0. The van der Waals surface area contributed by atoms with E-state index in [4.69, 9.17) is 4.74 Å². The van der Waals surface area contributed by atoms with Crippen molar-refractivity contribution < 1.29 is 27.8 Å². The van der Waals surface area contributed by atoms with E-state index in [9.17, 15) is 18.4 Å². The first-order chi connectivity index (χ1) is 12.0. The Morgan fingerprint density at radius 2 is 1.72 bits per heavy atom. The Bertz CT molecular complexity index is 877. The summed E-state index contributed by atoms with van der Waals surface area (Å²) in [7, 11) is 1.33. The van der Waals surface area contributed by atoms with Gasteiger partial charge in [0, 0.05) is 11.1 Å². The summed E-state index contributed by atoms with van der Waals surface area (Å²) < 4.78 is 34.2. The van der Waals surface area contributed by atoms with Crippen LogP contribution in [0.2, 0.25) is 0 Å². The van der Waals surface area contributed by atoms with Crippen LogP contribution in [0.5, 0.6) is 11.5 Å². The maximum Gasteiger partial charge on any atom is 0.387 e. The Kier molecular flexibility index (Phi) is 4.47. The van der Waals surface area contributed by atoms with Crippen molar-refractivity contribution >= 4 is 23.5 Å². The normalized spacial score (nSPS) is 15.1. The monoisotopic (exact) mass is 345 g/mol. The van der Waals surface area contributed by atoms with E-state index in [1.165, 1.54) is 25.3 Å². The Hall–Kier alpha value is -3.22. The largest absolute Gasteiger partial charge is 0.493 e. The van der Waals surface area contributed by atoms with Gasteiger partial charge >= 0.3 is 6.61 Å². The molecule has 0 atom stereocenters. The molecule has 1 aliphatic heterocycles. The van der Waals surface area contributed by atoms with Crippen LogP contribution >= 0.6 is 0 Å². The predicted molar refractivity (Wildman–Crippen MR) is 86.4 cm³/mol. The molecule has 1 aliphatic rings. The average Bonchev–Trinajstić information content (AvgIpc) is 2.59. The highest BCUT2D eigenvalue weighted by Gasteiger charge is 2.26. The number of ether oxygens (including phenoxy) is 2. The molecule has 0 saturated heterocycles. The van der Waals surface area contributed by atoms with E-state index < -0.39 is 18.4 Å². The third-order valence-corrected chi connectivity index (χ3v) is 3.65. The Balaban J connectivity index is 2.04. The van der Waals surface area contributed by atoms with Crippen molar-refractivity contribution in [3.63, 3.8) is 0 Å². The Labute approximate surface area is 141 Å². The molecule has 0 fully saturated rings. The minimum absolute atomic E-state index is 0.107. The van der Waals surface area contributed by atoms with Crippen LogP contribution in [0.25, 0.3) is 11.6 Å². The van der Waals surface area contributed by atoms with Gasteiger partial charge in [-0.15, -0.1) is 0 Å². The van der Waals surface area contributed by atoms with E-state index in [0.717, 1.165) is 0 Å². The fraction of sp³-hybridized carbons (Fsp3) is 0.111. The second-order valence-corrected chi connectivity index (χ2v) is 5.18. The first kappa shape index (κ1) is 16.6. The van der Waals surface area contributed by atoms with Crippen molar-refractivity contribution in [3.05, 3.63) is 59.2 Å². The molecule has 0 saturated carbocycles. The summed E-state index contributed by atoms with van der Waals surface area (Å²) in [6.07, 6.45) is 1.55. The maximum atomic E-state index is 12.4. The quantitative estimate of drug-likeness (QED) is 0.683. The van der Waals surface area contributed by atoms with E-state index >= 15 is 0 Å². The van der Waals surface area contributed by atoms with Gasteiger partial charge in [0.2, 0.25) is 0 Å². The lowest BCUT2D eigenvalue weighted by molar-refractivity contribution is -0.114. The van der Waals surface area contributed by atoms with Gasteiger partial charge in [-0.1, -0.05) is 24.3 Å². The van der Waals surface area contributed by atoms with Gasteiger partial charge in [-0.05, 0) is 35.4 Å². The summed E-state index contributed by atoms with van der Waals surface area (Å²) in [5.41, 5.74) is 1.72. The van der Waals surface area contributed by atoms with E-state index in [2.05, 4.69) is 10.1 Å². The van der Waals surface area contributed by atoms with E-state index in [1.807, 2.05) is 0 Å². The van der Waals surface area contributed by atoms with Gasteiger partial charge in [0.1, 0.15) is 0 Å². The molecule has 0 spiro atoms. The number of hydrogen-bond acceptors (Lipinski definition) is 4. The molecule has 0 radical (unpaired) electrons. The Morgan fingerprint density at radius 1 is 1.00 bits per heavy atom. The highest BCUT2D eigenvalue weighted by molar-refractivity contribution is 6.33. The molecule has 0 bridgehead atoms. The van der Waals surface area contributed by atoms with Gasteiger partial charge in [-0.25, -0.2) is 0 Å². The van der Waals surface area contributed by atoms with Crippen molar-refractivity contribution in [1.29, 1.82) is 0 Å².